The molecule has 0 aromatic heterocycles. The van der Waals surface area contributed by atoms with E-state index in [2.05, 4.69) is 0 Å². The van der Waals surface area contributed by atoms with E-state index in [9.17, 15) is 4.79 Å². The first-order valence-electron chi connectivity index (χ1n) is 2.93. The van der Waals surface area contributed by atoms with Crippen LogP contribution in [-0.2, 0) is 4.74 Å². The maximum atomic E-state index is 10.4. The Labute approximate surface area is 63.3 Å². The molecule has 0 aromatic rings. The van der Waals surface area contributed by atoms with Crippen molar-refractivity contribution >= 4 is 17.7 Å². The molecule has 10 heavy (non-hydrogen) atoms. The summed E-state index contributed by atoms with van der Waals surface area (Å²) in [5, 5.41) is 8.49. The lowest BCUT2D eigenvalue weighted by Gasteiger charge is -2.28. The summed E-state index contributed by atoms with van der Waals surface area (Å²) in [6, 6.07) is 0. The van der Waals surface area contributed by atoms with E-state index in [0.717, 1.165) is 4.90 Å². The SMILES string of the molecule is O=C(O)N1CCOCC1Cl. The van der Waals surface area contributed by atoms with Crippen LogP contribution in [0.1, 0.15) is 0 Å². The second kappa shape index (κ2) is 3.07. The van der Waals surface area contributed by atoms with E-state index >= 15 is 0 Å². The Balaban J connectivity index is 2.47. The summed E-state index contributed by atoms with van der Waals surface area (Å²) in [5.41, 5.74) is -0.522. The van der Waals surface area contributed by atoms with E-state index in [1.54, 1.807) is 0 Å². The highest BCUT2D eigenvalue weighted by Gasteiger charge is 2.24. The van der Waals surface area contributed by atoms with Gasteiger partial charge in [0.2, 0.25) is 0 Å². The van der Waals surface area contributed by atoms with Gasteiger partial charge in [0.05, 0.1) is 13.2 Å². The first kappa shape index (κ1) is 7.63. The number of ether oxygens (including phenoxy) is 1. The summed E-state index contributed by atoms with van der Waals surface area (Å²) < 4.78 is 4.93. The van der Waals surface area contributed by atoms with Gasteiger partial charge in [-0.25, -0.2) is 4.79 Å². The number of rotatable bonds is 0. The van der Waals surface area contributed by atoms with Crippen LogP contribution in [0.3, 0.4) is 0 Å². The van der Waals surface area contributed by atoms with Crippen molar-refractivity contribution in [1.82, 2.24) is 4.90 Å². The molecule has 1 heterocycles. The van der Waals surface area contributed by atoms with Gasteiger partial charge in [-0.05, 0) is 0 Å². The van der Waals surface area contributed by atoms with Crippen LogP contribution in [0, 0.1) is 0 Å². The van der Waals surface area contributed by atoms with Gasteiger partial charge in [-0.1, -0.05) is 11.6 Å². The zero-order valence-electron chi connectivity index (χ0n) is 5.29. The molecular weight excluding hydrogens is 158 g/mol. The molecule has 1 fully saturated rings. The maximum Gasteiger partial charge on any atom is 0.408 e. The quantitative estimate of drug-likeness (QED) is 0.422. The largest absolute Gasteiger partial charge is 0.465 e. The highest BCUT2D eigenvalue weighted by molar-refractivity contribution is 6.21. The molecule has 5 heteroatoms. The van der Waals surface area contributed by atoms with Crippen LogP contribution in [0.25, 0.3) is 0 Å². The normalized spacial score (nSPS) is 26.5. The van der Waals surface area contributed by atoms with Crippen LogP contribution in [-0.4, -0.2) is 41.4 Å². The minimum absolute atomic E-state index is 0.286. The van der Waals surface area contributed by atoms with Crippen LogP contribution in [0.2, 0.25) is 0 Å². The van der Waals surface area contributed by atoms with Crippen molar-refractivity contribution in [2.24, 2.45) is 0 Å². The standard InChI is InChI=1S/C5H8ClNO3/c6-4-3-10-2-1-7(4)5(8)9/h4H,1-3H2,(H,8,9). The van der Waals surface area contributed by atoms with Gasteiger partial charge in [-0.15, -0.1) is 0 Å². The number of hydrogen-bond acceptors (Lipinski definition) is 2. The molecule has 0 saturated carbocycles. The lowest BCUT2D eigenvalue weighted by Crippen LogP contribution is -2.45. The third kappa shape index (κ3) is 1.52. The zero-order valence-corrected chi connectivity index (χ0v) is 6.04. The fourth-order valence-electron chi connectivity index (χ4n) is 0.789. The molecule has 0 spiro atoms. The summed E-state index contributed by atoms with van der Waals surface area (Å²) in [6.45, 7) is 1.09. The smallest absolute Gasteiger partial charge is 0.408 e. The Hall–Kier alpha value is -0.480. The number of carboxylic acid groups (broad SMARTS) is 1. The number of hydrogen-bond donors (Lipinski definition) is 1. The Morgan fingerprint density at radius 2 is 2.50 bits per heavy atom. The van der Waals surface area contributed by atoms with Crippen LogP contribution >= 0.6 is 11.6 Å². The van der Waals surface area contributed by atoms with Crippen LogP contribution in [0.5, 0.6) is 0 Å². The third-order valence-electron chi connectivity index (χ3n) is 1.32. The molecule has 0 bridgehead atoms. The fourth-order valence-corrected chi connectivity index (χ4v) is 1.06. The number of amides is 1. The van der Waals surface area contributed by atoms with Gasteiger partial charge in [-0.3, -0.25) is 4.90 Å². The van der Waals surface area contributed by atoms with E-state index in [0.29, 0.717) is 13.2 Å². The molecule has 58 valence electrons. The van der Waals surface area contributed by atoms with E-state index in [1.807, 2.05) is 0 Å². The molecule has 1 unspecified atom stereocenters. The molecule has 1 aliphatic rings. The average Bonchev–Trinajstić information content (AvgIpc) is 1.88. The van der Waals surface area contributed by atoms with Crippen molar-refractivity contribution in [2.45, 2.75) is 5.50 Å². The molecule has 4 nitrogen and oxygen atoms in total. The van der Waals surface area contributed by atoms with E-state index < -0.39 is 11.6 Å². The topological polar surface area (TPSA) is 49.8 Å². The van der Waals surface area contributed by atoms with Crippen molar-refractivity contribution in [3.05, 3.63) is 0 Å². The Bertz CT molecular complexity index is 141. The van der Waals surface area contributed by atoms with Gasteiger partial charge < -0.3 is 9.84 Å². The van der Waals surface area contributed by atoms with Crippen molar-refractivity contribution < 1.29 is 14.6 Å². The molecular formula is C5H8ClNO3. The zero-order chi connectivity index (χ0) is 7.56. The van der Waals surface area contributed by atoms with Crippen molar-refractivity contribution in [1.29, 1.82) is 0 Å². The summed E-state index contributed by atoms with van der Waals surface area (Å²) in [5.74, 6) is 0. The molecule has 0 aliphatic carbocycles. The predicted molar refractivity (Wildman–Crippen MR) is 35.2 cm³/mol. The molecule has 0 aromatic carbocycles. The minimum atomic E-state index is -0.983. The summed E-state index contributed by atoms with van der Waals surface area (Å²) in [6.07, 6.45) is -0.983. The number of carbonyl (C=O) groups is 1. The molecule has 1 N–H and O–H groups in total. The number of morpholine rings is 1. The maximum absolute atomic E-state index is 10.4. The molecule has 1 rings (SSSR count). The highest BCUT2D eigenvalue weighted by Crippen LogP contribution is 2.09. The highest BCUT2D eigenvalue weighted by atomic mass is 35.5. The Kier molecular flexibility index (Phi) is 2.34. The second-order valence-corrected chi connectivity index (χ2v) is 2.49. The fraction of sp³-hybridized carbons (Fsp3) is 0.800. The van der Waals surface area contributed by atoms with Gasteiger partial charge >= 0.3 is 6.09 Å². The number of nitrogens with zero attached hydrogens (tertiary/aromatic N) is 1. The average molecular weight is 166 g/mol. The Morgan fingerprint density at radius 1 is 1.80 bits per heavy atom. The van der Waals surface area contributed by atoms with Crippen molar-refractivity contribution in [3.8, 4) is 0 Å². The van der Waals surface area contributed by atoms with Gasteiger partial charge in [0.15, 0.2) is 0 Å². The summed E-state index contributed by atoms with van der Waals surface area (Å²) in [7, 11) is 0. The van der Waals surface area contributed by atoms with E-state index in [1.165, 1.54) is 0 Å². The van der Waals surface area contributed by atoms with Gasteiger partial charge in [0.1, 0.15) is 5.50 Å². The number of alkyl halides is 1. The summed E-state index contributed by atoms with van der Waals surface area (Å²) >= 11 is 5.60. The van der Waals surface area contributed by atoms with Crippen LogP contribution in [0.4, 0.5) is 4.79 Å². The van der Waals surface area contributed by atoms with Gasteiger partial charge in [0, 0.05) is 6.54 Å². The van der Waals surface area contributed by atoms with Gasteiger partial charge in [-0.2, -0.15) is 0 Å². The van der Waals surface area contributed by atoms with Crippen LogP contribution < -0.4 is 0 Å². The lowest BCUT2D eigenvalue weighted by atomic mass is 10.4. The monoisotopic (exact) mass is 165 g/mol. The van der Waals surface area contributed by atoms with Crippen LogP contribution in [0.15, 0.2) is 0 Å². The first-order valence-corrected chi connectivity index (χ1v) is 3.37. The summed E-state index contributed by atoms with van der Waals surface area (Å²) in [4.78, 5) is 11.5. The Morgan fingerprint density at radius 3 is 2.90 bits per heavy atom. The third-order valence-corrected chi connectivity index (χ3v) is 1.68. The predicted octanol–water partition coefficient (Wildman–Crippen LogP) is 0.562. The minimum Gasteiger partial charge on any atom is -0.465 e. The van der Waals surface area contributed by atoms with E-state index in [4.69, 9.17) is 21.4 Å². The second-order valence-electron chi connectivity index (χ2n) is 1.99. The molecule has 1 atom stereocenters. The molecule has 1 aliphatic heterocycles. The molecule has 1 amide bonds. The van der Waals surface area contributed by atoms with Crippen molar-refractivity contribution in [2.75, 3.05) is 19.8 Å². The molecule has 1 saturated heterocycles. The molecule has 0 radical (unpaired) electrons. The first-order chi connectivity index (χ1) is 4.72. The van der Waals surface area contributed by atoms with Gasteiger partial charge in [0.25, 0.3) is 0 Å². The lowest BCUT2D eigenvalue weighted by molar-refractivity contribution is 0.0257. The van der Waals surface area contributed by atoms with E-state index in [-0.39, 0.29) is 6.61 Å². The number of halogens is 1. The van der Waals surface area contributed by atoms with Crippen molar-refractivity contribution in [3.63, 3.8) is 0 Å².